The lowest BCUT2D eigenvalue weighted by atomic mass is 10.1. The molecule has 0 unspecified atom stereocenters. The monoisotopic (exact) mass is 321 g/mol. The van der Waals surface area contributed by atoms with Crippen LogP contribution in [0.4, 0.5) is 0 Å². The van der Waals surface area contributed by atoms with Crippen LogP contribution in [0.15, 0.2) is 22.7 Å². The smallest absolute Gasteiger partial charge is 0.0791 e. The summed E-state index contributed by atoms with van der Waals surface area (Å²) in [4.78, 5) is 0. The van der Waals surface area contributed by atoms with Crippen molar-refractivity contribution in [2.45, 2.75) is 40.2 Å². The fourth-order valence-corrected chi connectivity index (χ4v) is 2.96. The standard InChI is InChI=1S/C15H20BrN3/c1-5-13-10(3)18-19(11(13)4)15-7-6-12(9(2)17)8-14(15)16/h6-9H,5,17H2,1-4H3/t9-/m0/s1. The quantitative estimate of drug-likeness (QED) is 0.933. The summed E-state index contributed by atoms with van der Waals surface area (Å²) in [6.45, 7) is 8.33. The first-order chi connectivity index (χ1) is 8.95. The molecule has 1 atom stereocenters. The minimum atomic E-state index is 0.0389. The molecule has 2 N–H and O–H groups in total. The first kappa shape index (κ1) is 14.3. The normalized spacial score (nSPS) is 12.7. The molecule has 0 aliphatic carbocycles. The second-order valence-corrected chi connectivity index (χ2v) is 5.77. The lowest BCUT2D eigenvalue weighted by molar-refractivity contribution is 0.804. The Bertz CT molecular complexity index is 600. The van der Waals surface area contributed by atoms with E-state index in [-0.39, 0.29) is 6.04 Å². The van der Waals surface area contributed by atoms with Crippen LogP contribution in [0.1, 0.15) is 42.4 Å². The lowest BCUT2D eigenvalue weighted by Gasteiger charge is -2.11. The zero-order valence-corrected chi connectivity index (χ0v) is 13.5. The highest BCUT2D eigenvalue weighted by molar-refractivity contribution is 9.10. The van der Waals surface area contributed by atoms with Gasteiger partial charge >= 0.3 is 0 Å². The van der Waals surface area contributed by atoms with E-state index >= 15 is 0 Å². The third-order valence-corrected chi connectivity index (χ3v) is 4.16. The second-order valence-electron chi connectivity index (χ2n) is 4.91. The van der Waals surface area contributed by atoms with E-state index in [4.69, 9.17) is 5.73 Å². The Morgan fingerprint density at radius 3 is 2.53 bits per heavy atom. The van der Waals surface area contributed by atoms with E-state index in [0.29, 0.717) is 0 Å². The molecular weight excluding hydrogens is 302 g/mol. The van der Waals surface area contributed by atoms with E-state index < -0.39 is 0 Å². The second kappa shape index (κ2) is 5.47. The van der Waals surface area contributed by atoms with Crippen LogP contribution in [-0.2, 0) is 6.42 Å². The molecule has 102 valence electrons. The summed E-state index contributed by atoms with van der Waals surface area (Å²) in [6.07, 6.45) is 1.01. The summed E-state index contributed by atoms with van der Waals surface area (Å²) < 4.78 is 3.03. The van der Waals surface area contributed by atoms with Crippen LogP contribution < -0.4 is 5.73 Å². The topological polar surface area (TPSA) is 43.8 Å². The predicted octanol–water partition coefficient (Wildman–Crippen LogP) is 3.83. The van der Waals surface area contributed by atoms with Crippen molar-refractivity contribution in [1.82, 2.24) is 9.78 Å². The molecule has 2 rings (SSSR count). The average molecular weight is 322 g/mol. The maximum Gasteiger partial charge on any atom is 0.0791 e. The van der Waals surface area contributed by atoms with Crippen LogP contribution in [-0.4, -0.2) is 9.78 Å². The van der Waals surface area contributed by atoms with Crippen molar-refractivity contribution in [1.29, 1.82) is 0 Å². The van der Waals surface area contributed by atoms with Gasteiger partial charge in [0.1, 0.15) is 0 Å². The maximum absolute atomic E-state index is 5.91. The molecule has 2 aromatic rings. The molecule has 3 nitrogen and oxygen atoms in total. The van der Waals surface area contributed by atoms with Gasteiger partial charge in [-0.2, -0.15) is 5.10 Å². The molecule has 0 amide bonds. The van der Waals surface area contributed by atoms with Crippen LogP contribution in [0.3, 0.4) is 0 Å². The Morgan fingerprint density at radius 1 is 1.37 bits per heavy atom. The van der Waals surface area contributed by atoms with Crippen molar-refractivity contribution >= 4 is 15.9 Å². The first-order valence-corrected chi connectivity index (χ1v) is 7.35. The lowest BCUT2D eigenvalue weighted by Crippen LogP contribution is -2.06. The number of nitrogens with zero attached hydrogens (tertiary/aromatic N) is 2. The van der Waals surface area contributed by atoms with Crippen LogP contribution in [0.2, 0.25) is 0 Å². The fraction of sp³-hybridized carbons (Fsp3) is 0.400. The van der Waals surface area contributed by atoms with E-state index in [9.17, 15) is 0 Å². The van der Waals surface area contributed by atoms with Gasteiger partial charge in [-0.1, -0.05) is 13.0 Å². The molecule has 19 heavy (non-hydrogen) atoms. The van der Waals surface area contributed by atoms with Crippen molar-refractivity contribution in [2.24, 2.45) is 5.73 Å². The molecular formula is C15H20BrN3. The van der Waals surface area contributed by atoms with Gasteiger partial charge in [0.25, 0.3) is 0 Å². The molecule has 0 aliphatic rings. The van der Waals surface area contributed by atoms with Gasteiger partial charge in [-0.05, 0) is 66.4 Å². The summed E-state index contributed by atoms with van der Waals surface area (Å²) in [7, 11) is 0. The molecule has 0 saturated carbocycles. The van der Waals surface area contributed by atoms with Gasteiger partial charge in [-0.25, -0.2) is 4.68 Å². The highest BCUT2D eigenvalue weighted by Crippen LogP contribution is 2.27. The third-order valence-electron chi connectivity index (χ3n) is 3.52. The van der Waals surface area contributed by atoms with Crippen molar-refractivity contribution in [3.8, 4) is 5.69 Å². The molecule has 1 aromatic carbocycles. The van der Waals surface area contributed by atoms with E-state index in [0.717, 1.165) is 27.8 Å². The molecule has 0 spiro atoms. The number of benzene rings is 1. The number of nitrogens with two attached hydrogens (primary N) is 1. The molecule has 4 heteroatoms. The number of aromatic nitrogens is 2. The Labute approximate surface area is 122 Å². The first-order valence-electron chi connectivity index (χ1n) is 6.56. The van der Waals surface area contributed by atoms with Gasteiger partial charge < -0.3 is 5.73 Å². The number of aryl methyl sites for hydroxylation is 1. The Kier molecular flexibility index (Phi) is 4.11. The molecule has 0 bridgehead atoms. The maximum atomic E-state index is 5.91. The van der Waals surface area contributed by atoms with E-state index in [2.05, 4.69) is 60.0 Å². The number of rotatable bonds is 3. The minimum absolute atomic E-state index is 0.0389. The Balaban J connectivity index is 2.54. The van der Waals surface area contributed by atoms with E-state index in [1.54, 1.807) is 0 Å². The molecule has 0 aliphatic heterocycles. The van der Waals surface area contributed by atoms with Crippen molar-refractivity contribution in [2.75, 3.05) is 0 Å². The Morgan fingerprint density at radius 2 is 2.05 bits per heavy atom. The van der Waals surface area contributed by atoms with Crippen molar-refractivity contribution < 1.29 is 0 Å². The zero-order chi connectivity index (χ0) is 14.2. The summed E-state index contributed by atoms with van der Waals surface area (Å²) in [5.41, 5.74) is 11.7. The minimum Gasteiger partial charge on any atom is -0.324 e. The zero-order valence-electron chi connectivity index (χ0n) is 11.9. The summed E-state index contributed by atoms with van der Waals surface area (Å²) in [6, 6.07) is 6.24. The number of halogens is 1. The summed E-state index contributed by atoms with van der Waals surface area (Å²) in [5.74, 6) is 0. The highest BCUT2D eigenvalue weighted by atomic mass is 79.9. The van der Waals surface area contributed by atoms with Crippen LogP contribution >= 0.6 is 15.9 Å². The Hall–Kier alpha value is -1.13. The third kappa shape index (κ3) is 2.60. The SMILES string of the molecule is CCc1c(C)nn(-c2ccc([C@H](C)N)cc2Br)c1C. The van der Waals surface area contributed by atoms with E-state index in [1.807, 2.05) is 11.6 Å². The fourth-order valence-electron chi connectivity index (χ4n) is 2.40. The number of hydrogen-bond acceptors (Lipinski definition) is 2. The largest absolute Gasteiger partial charge is 0.324 e. The average Bonchev–Trinajstić information content (AvgIpc) is 2.64. The van der Waals surface area contributed by atoms with Crippen molar-refractivity contribution in [3.05, 3.63) is 45.2 Å². The molecule has 1 aromatic heterocycles. The van der Waals surface area contributed by atoms with Gasteiger partial charge in [0.05, 0.1) is 11.4 Å². The molecule has 0 radical (unpaired) electrons. The summed E-state index contributed by atoms with van der Waals surface area (Å²) in [5, 5.41) is 4.64. The van der Waals surface area contributed by atoms with Gasteiger partial charge in [0.2, 0.25) is 0 Å². The molecule has 0 fully saturated rings. The summed E-state index contributed by atoms with van der Waals surface area (Å²) >= 11 is 3.63. The van der Waals surface area contributed by atoms with Crippen LogP contribution in [0.25, 0.3) is 5.69 Å². The molecule has 1 heterocycles. The van der Waals surface area contributed by atoms with Gasteiger partial charge in [0.15, 0.2) is 0 Å². The van der Waals surface area contributed by atoms with Gasteiger partial charge in [-0.3, -0.25) is 0 Å². The predicted molar refractivity (Wildman–Crippen MR) is 82.7 cm³/mol. The van der Waals surface area contributed by atoms with Crippen LogP contribution in [0, 0.1) is 13.8 Å². The number of hydrogen-bond donors (Lipinski definition) is 1. The van der Waals surface area contributed by atoms with Crippen LogP contribution in [0.5, 0.6) is 0 Å². The van der Waals surface area contributed by atoms with E-state index in [1.165, 1.54) is 11.3 Å². The van der Waals surface area contributed by atoms with Gasteiger partial charge in [0, 0.05) is 16.2 Å². The highest BCUT2D eigenvalue weighted by Gasteiger charge is 2.13. The van der Waals surface area contributed by atoms with Gasteiger partial charge in [-0.15, -0.1) is 0 Å². The molecule has 0 saturated heterocycles. The van der Waals surface area contributed by atoms with Crippen molar-refractivity contribution in [3.63, 3.8) is 0 Å².